The Bertz CT molecular complexity index is 1220. The molecule has 2 aromatic carbocycles. The molecule has 5 nitrogen and oxygen atoms in total. The largest absolute Gasteiger partial charge is 0.493 e. The van der Waals surface area contributed by atoms with Crippen LogP contribution in [0.4, 0.5) is 0 Å². The van der Waals surface area contributed by atoms with Crippen molar-refractivity contribution in [1.29, 1.82) is 0 Å². The lowest BCUT2D eigenvalue weighted by molar-refractivity contribution is 0.355. The van der Waals surface area contributed by atoms with E-state index in [2.05, 4.69) is 19.9 Å². The van der Waals surface area contributed by atoms with Crippen molar-refractivity contribution in [2.45, 2.75) is 20.4 Å². The normalized spacial score (nSPS) is 11.8. The summed E-state index contributed by atoms with van der Waals surface area (Å²) in [6.07, 6.45) is 1.66. The van der Waals surface area contributed by atoms with Crippen molar-refractivity contribution in [3.8, 4) is 22.8 Å². The number of hydrogen-bond acceptors (Lipinski definition) is 5. The fourth-order valence-electron chi connectivity index (χ4n) is 3.50. The van der Waals surface area contributed by atoms with Crippen LogP contribution in [-0.2, 0) is 6.54 Å². The minimum absolute atomic E-state index is 0.463. The summed E-state index contributed by atoms with van der Waals surface area (Å²) in [6, 6.07) is 15.7. The Labute approximate surface area is 169 Å². The number of furan rings is 1. The SMILES string of the molecule is COc1ccc(-c2cc(=NCc3ccco3)c3c(C)cc(C)cc3o2)cc1OC. The third-order valence-electron chi connectivity index (χ3n) is 4.84. The van der Waals surface area contributed by atoms with Gasteiger partial charge in [-0.3, -0.25) is 4.99 Å². The zero-order valence-corrected chi connectivity index (χ0v) is 17.0. The molecule has 5 heteroatoms. The number of benzene rings is 2. The molecule has 0 aliphatic carbocycles. The number of rotatable bonds is 5. The molecule has 0 aliphatic heterocycles. The lowest BCUT2D eigenvalue weighted by Crippen LogP contribution is -2.06. The summed E-state index contributed by atoms with van der Waals surface area (Å²) in [4.78, 5) is 4.82. The van der Waals surface area contributed by atoms with Gasteiger partial charge in [0.25, 0.3) is 0 Å². The Morgan fingerprint density at radius 1 is 0.931 bits per heavy atom. The third kappa shape index (κ3) is 3.76. The van der Waals surface area contributed by atoms with E-state index in [0.29, 0.717) is 23.8 Å². The van der Waals surface area contributed by atoms with E-state index in [1.54, 1.807) is 20.5 Å². The highest BCUT2D eigenvalue weighted by molar-refractivity contribution is 5.82. The highest BCUT2D eigenvalue weighted by atomic mass is 16.5. The molecule has 4 rings (SSSR count). The molecular weight excluding hydrogens is 366 g/mol. The van der Waals surface area contributed by atoms with Crippen molar-refractivity contribution in [2.75, 3.05) is 14.2 Å². The predicted molar refractivity (Wildman–Crippen MR) is 112 cm³/mol. The highest BCUT2D eigenvalue weighted by Crippen LogP contribution is 2.33. The monoisotopic (exact) mass is 389 g/mol. The molecule has 0 saturated heterocycles. The van der Waals surface area contributed by atoms with Crippen LogP contribution < -0.4 is 14.8 Å². The van der Waals surface area contributed by atoms with Gasteiger partial charge in [-0.2, -0.15) is 0 Å². The number of nitrogens with zero attached hydrogens (tertiary/aromatic N) is 1. The van der Waals surface area contributed by atoms with Crippen LogP contribution in [0.5, 0.6) is 11.5 Å². The van der Waals surface area contributed by atoms with Crippen LogP contribution in [0.2, 0.25) is 0 Å². The maximum absolute atomic E-state index is 6.28. The van der Waals surface area contributed by atoms with E-state index in [1.807, 2.05) is 42.5 Å². The predicted octanol–water partition coefficient (Wildman–Crippen LogP) is 5.43. The van der Waals surface area contributed by atoms with Gasteiger partial charge in [-0.05, 0) is 61.4 Å². The van der Waals surface area contributed by atoms with Gasteiger partial charge in [0.15, 0.2) is 11.5 Å². The molecule has 0 amide bonds. The second-order valence-corrected chi connectivity index (χ2v) is 6.92. The number of aryl methyl sites for hydroxylation is 2. The van der Waals surface area contributed by atoms with Crippen molar-refractivity contribution in [2.24, 2.45) is 4.99 Å². The van der Waals surface area contributed by atoms with Gasteiger partial charge < -0.3 is 18.3 Å². The molecule has 4 aromatic rings. The molecule has 0 unspecified atom stereocenters. The maximum atomic E-state index is 6.28. The van der Waals surface area contributed by atoms with E-state index in [0.717, 1.165) is 38.8 Å². The Morgan fingerprint density at radius 2 is 1.76 bits per heavy atom. The van der Waals surface area contributed by atoms with Crippen LogP contribution >= 0.6 is 0 Å². The van der Waals surface area contributed by atoms with E-state index in [4.69, 9.17) is 23.3 Å². The van der Waals surface area contributed by atoms with E-state index >= 15 is 0 Å². The van der Waals surface area contributed by atoms with Crippen molar-refractivity contribution in [3.63, 3.8) is 0 Å². The van der Waals surface area contributed by atoms with Gasteiger partial charge in [-0.1, -0.05) is 6.07 Å². The lowest BCUT2D eigenvalue weighted by atomic mass is 10.0. The molecule has 0 atom stereocenters. The summed E-state index contributed by atoms with van der Waals surface area (Å²) in [5.41, 5.74) is 3.95. The molecule has 148 valence electrons. The molecule has 2 heterocycles. The first-order valence-electron chi connectivity index (χ1n) is 9.39. The minimum Gasteiger partial charge on any atom is -0.493 e. The summed E-state index contributed by atoms with van der Waals surface area (Å²) in [6.45, 7) is 4.60. The molecule has 0 aliphatic rings. The average Bonchev–Trinajstić information content (AvgIpc) is 3.24. The molecule has 0 N–H and O–H groups in total. The Kier molecular flexibility index (Phi) is 5.12. The Hall–Kier alpha value is -3.47. The second kappa shape index (κ2) is 7.87. The van der Waals surface area contributed by atoms with Crippen LogP contribution in [0.3, 0.4) is 0 Å². The summed E-state index contributed by atoms with van der Waals surface area (Å²) < 4.78 is 22.5. The Balaban J connectivity index is 1.93. The maximum Gasteiger partial charge on any atom is 0.161 e. The molecule has 2 aromatic heterocycles. The summed E-state index contributed by atoms with van der Waals surface area (Å²) in [5.74, 6) is 2.85. The van der Waals surface area contributed by atoms with Gasteiger partial charge in [0, 0.05) is 17.0 Å². The van der Waals surface area contributed by atoms with Crippen LogP contribution in [0.15, 0.2) is 68.6 Å². The number of ether oxygens (including phenoxy) is 2. The van der Waals surface area contributed by atoms with Crippen molar-refractivity contribution in [3.05, 3.63) is 77.0 Å². The Morgan fingerprint density at radius 3 is 2.48 bits per heavy atom. The van der Waals surface area contributed by atoms with Gasteiger partial charge in [0.1, 0.15) is 17.1 Å². The van der Waals surface area contributed by atoms with E-state index in [1.165, 1.54) is 0 Å². The number of methoxy groups -OCH3 is 2. The number of hydrogen-bond donors (Lipinski definition) is 0. The quantitative estimate of drug-likeness (QED) is 0.457. The number of fused-ring (bicyclic) bond motifs is 1. The average molecular weight is 389 g/mol. The first-order valence-corrected chi connectivity index (χ1v) is 9.39. The summed E-state index contributed by atoms with van der Waals surface area (Å²) in [5, 5.41) is 1.87. The van der Waals surface area contributed by atoms with E-state index in [-0.39, 0.29) is 0 Å². The smallest absolute Gasteiger partial charge is 0.161 e. The fourth-order valence-corrected chi connectivity index (χ4v) is 3.50. The standard InChI is InChI=1S/C24H23NO4/c1-15-10-16(2)24-19(25-14-18-6-5-9-28-18)13-21(29-23(24)11-15)17-7-8-20(26-3)22(12-17)27-4/h5-13H,14H2,1-4H3. The van der Waals surface area contributed by atoms with Crippen LogP contribution in [0, 0.1) is 13.8 Å². The molecule has 0 spiro atoms. The van der Waals surface area contributed by atoms with Crippen molar-refractivity contribution >= 4 is 11.0 Å². The molecule has 29 heavy (non-hydrogen) atoms. The second-order valence-electron chi connectivity index (χ2n) is 6.92. The van der Waals surface area contributed by atoms with Crippen molar-refractivity contribution in [1.82, 2.24) is 0 Å². The topological polar surface area (TPSA) is 57.1 Å². The molecular formula is C24H23NO4. The lowest BCUT2D eigenvalue weighted by Gasteiger charge is -2.11. The first-order chi connectivity index (χ1) is 14.1. The van der Waals surface area contributed by atoms with Crippen LogP contribution in [0.25, 0.3) is 22.3 Å². The van der Waals surface area contributed by atoms with Gasteiger partial charge in [-0.15, -0.1) is 0 Å². The van der Waals surface area contributed by atoms with E-state index < -0.39 is 0 Å². The van der Waals surface area contributed by atoms with E-state index in [9.17, 15) is 0 Å². The van der Waals surface area contributed by atoms with Gasteiger partial charge in [0.2, 0.25) is 0 Å². The zero-order chi connectivity index (χ0) is 20.4. The molecule has 0 bridgehead atoms. The highest BCUT2D eigenvalue weighted by Gasteiger charge is 2.12. The fraction of sp³-hybridized carbons (Fsp3) is 0.208. The first kappa shape index (κ1) is 18.9. The summed E-state index contributed by atoms with van der Waals surface area (Å²) in [7, 11) is 3.24. The summed E-state index contributed by atoms with van der Waals surface area (Å²) >= 11 is 0. The van der Waals surface area contributed by atoms with Gasteiger partial charge in [-0.25, -0.2) is 0 Å². The zero-order valence-electron chi connectivity index (χ0n) is 17.0. The van der Waals surface area contributed by atoms with Gasteiger partial charge in [0.05, 0.1) is 32.4 Å². The minimum atomic E-state index is 0.463. The van der Waals surface area contributed by atoms with Crippen molar-refractivity contribution < 1.29 is 18.3 Å². The van der Waals surface area contributed by atoms with Crippen LogP contribution in [0.1, 0.15) is 16.9 Å². The third-order valence-corrected chi connectivity index (χ3v) is 4.84. The van der Waals surface area contributed by atoms with Crippen LogP contribution in [-0.4, -0.2) is 14.2 Å². The molecule has 0 radical (unpaired) electrons. The molecule has 0 saturated carbocycles. The molecule has 0 fully saturated rings. The van der Waals surface area contributed by atoms with Gasteiger partial charge >= 0.3 is 0 Å².